The standard InChI is InChI=1S/C11H21NO.C6H10NO2.2C6H11.C5H10NO.3V.3W/c1-11(2,3)7-5-6-8-12-9-10-13-4;1-3-6(8)7-4-5-9-2;2*1-5-6(2,3)4;1-3-6-4-5-7-2;;;;;;/h12H,6-7,9-10H2,1-4H3;1,4-5H2,2H3,(H,7,8);2*5H2,2-4H3;6H,1,4-5H2,2H3;;;;;;/q;4*-1;;;;;;. The maximum absolute atomic E-state index is 10.8. The quantitative estimate of drug-likeness (QED) is 0.152. The molecule has 0 aromatic heterocycles. The molecule has 1 amide bonds. The Kier molecular flexibility index (Phi) is 47.4. The third-order valence-electron chi connectivity index (χ3n) is 4.42. The van der Waals surface area contributed by atoms with E-state index in [0.717, 1.165) is 68.9 Å². The molecule has 0 aromatic carbocycles. The summed E-state index contributed by atoms with van der Waals surface area (Å²) in [5.41, 5.74) is 1.26. The molecule has 0 saturated carbocycles. The summed E-state index contributed by atoms with van der Waals surface area (Å²) in [4.78, 5) is 10.8. The first kappa shape index (κ1) is 58.6. The summed E-state index contributed by atoms with van der Waals surface area (Å²) < 4.78 is 25.2. The van der Waals surface area contributed by atoms with E-state index in [9.17, 15) is 4.79 Å². The summed E-state index contributed by atoms with van der Waals surface area (Å²) in [5, 5.41) is 9.06. The zero-order chi connectivity index (χ0) is 38.1. The van der Waals surface area contributed by atoms with E-state index in [4.69, 9.17) is 14.2 Å². The van der Waals surface area contributed by atoms with Gasteiger partial charge in [0, 0.05) is 0 Å². The van der Waals surface area contributed by atoms with Gasteiger partial charge in [-0.15, -0.1) is 0 Å². The molecule has 0 rings (SSSR count). The first-order valence-electron chi connectivity index (χ1n) is 15.2. The van der Waals surface area contributed by atoms with E-state index in [1.165, 1.54) is 30.1 Å². The Labute approximate surface area is 350 Å². The number of rotatable bonds is 17. The van der Waals surface area contributed by atoms with Crippen LogP contribution in [0.3, 0.4) is 0 Å². The van der Waals surface area contributed by atoms with Crippen molar-refractivity contribution < 1.29 is 128 Å². The van der Waals surface area contributed by atoms with Crippen LogP contribution >= 0.6 is 0 Å². The molecule has 47 heavy (non-hydrogen) atoms. The van der Waals surface area contributed by atoms with Gasteiger partial charge in [0.2, 0.25) is 0 Å². The summed E-state index contributed by atoms with van der Waals surface area (Å²) in [6, 6.07) is 0. The van der Waals surface area contributed by atoms with E-state index in [-0.39, 0.29) is 5.91 Å². The number of hydrogen-bond acceptors (Lipinski definition) is 6. The normalized spacial score (nSPS) is 10.4. The summed E-state index contributed by atoms with van der Waals surface area (Å²) in [6.07, 6.45) is 4.44. The molecular formula is C34H63N3O4V3W3-4. The molecule has 0 aliphatic rings. The fourth-order valence-electron chi connectivity index (χ4n) is 2.33. The second kappa shape index (κ2) is 38.0. The summed E-state index contributed by atoms with van der Waals surface area (Å²) in [5.74, 6) is -0.0768. The van der Waals surface area contributed by atoms with Crippen LogP contribution in [0.2, 0.25) is 0 Å². The molecule has 0 atom stereocenters. The molecule has 0 unspecified atom stereocenters. The monoisotopic (exact) mass is 1280 g/mol. The molecule has 3 N–H and O–H groups in total. The van der Waals surface area contributed by atoms with Crippen LogP contribution in [0.4, 0.5) is 0 Å². The number of nitrogens with one attached hydrogen (secondary N) is 3. The Morgan fingerprint density at radius 2 is 1.04 bits per heavy atom. The zero-order valence-corrected chi connectivity index (χ0v) is 44.2. The van der Waals surface area contributed by atoms with E-state index < -0.39 is 0 Å². The van der Waals surface area contributed by atoms with Crippen LogP contribution in [-0.4, -0.2) is 92.3 Å². The predicted octanol–water partition coefficient (Wildman–Crippen LogP) is 3.78. The van der Waals surface area contributed by atoms with Gasteiger partial charge in [0.25, 0.3) is 0 Å². The second-order valence-electron chi connectivity index (χ2n) is 13.6. The number of carbonyl (C=O) groups is 1. The van der Waals surface area contributed by atoms with Crippen LogP contribution in [0.25, 0.3) is 0 Å². The van der Waals surface area contributed by atoms with Crippen molar-refractivity contribution in [2.24, 2.45) is 16.2 Å². The van der Waals surface area contributed by atoms with Gasteiger partial charge < -0.3 is 0 Å². The van der Waals surface area contributed by atoms with Gasteiger partial charge in [0.05, 0.1) is 0 Å². The molecule has 0 aliphatic carbocycles. The first-order valence-corrected chi connectivity index (χ1v) is 21.7. The van der Waals surface area contributed by atoms with Gasteiger partial charge in [-0.25, -0.2) is 0 Å². The number of hydrogen-bond donors (Lipinski definition) is 3. The molecule has 0 spiro atoms. The van der Waals surface area contributed by atoms with Crippen LogP contribution in [0.5, 0.6) is 0 Å². The molecule has 0 heterocycles. The van der Waals surface area contributed by atoms with Crippen molar-refractivity contribution >= 4 is 31.5 Å². The van der Waals surface area contributed by atoms with Gasteiger partial charge in [-0.1, -0.05) is 0 Å². The van der Waals surface area contributed by atoms with E-state index in [1.807, 2.05) is 0 Å². The predicted molar refractivity (Wildman–Crippen MR) is 182 cm³/mol. The topological polar surface area (TPSA) is 80.9 Å². The van der Waals surface area contributed by atoms with Crippen molar-refractivity contribution in [2.45, 2.75) is 88.0 Å². The van der Waals surface area contributed by atoms with Gasteiger partial charge in [-0.05, 0) is 0 Å². The van der Waals surface area contributed by atoms with E-state index >= 15 is 0 Å². The molecule has 0 bridgehead atoms. The van der Waals surface area contributed by atoms with Crippen LogP contribution in [0.15, 0.2) is 0 Å². The number of methoxy groups -OCH3 is 3. The Morgan fingerprint density at radius 3 is 1.30 bits per heavy atom. The third-order valence-corrected chi connectivity index (χ3v) is 7.63. The number of carbonyl (C=O) groups excluding carboxylic acids is 1. The average Bonchev–Trinajstić information content (AvgIpc) is 2.88. The van der Waals surface area contributed by atoms with Gasteiger partial charge in [-0.2, -0.15) is 0 Å². The van der Waals surface area contributed by atoms with Crippen molar-refractivity contribution in [3.63, 3.8) is 0 Å². The summed E-state index contributed by atoms with van der Waals surface area (Å²) >= 11 is 11.5. The van der Waals surface area contributed by atoms with E-state index in [1.54, 1.807) is 44.6 Å². The molecule has 7 nitrogen and oxygen atoms in total. The summed E-state index contributed by atoms with van der Waals surface area (Å²) in [6.45, 7) is 31.7. The van der Waals surface area contributed by atoms with Gasteiger partial charge >= 0.3 is 354 Å². The molecule has 0 aromatic rings. The molecule has 0 radical (unpaired) electrons. The summed E-state index contributed by atoms with van der Waals surface area (Å²) in [7, 11) is 5.01. The number of amides is 1. The number of ether oxygens (including phenoxy) is 3. The van der Waals surface area contributed by atoms with Crippen LogP contribution in [-0.2, 0) is 128 Å². The maximum atomic E-state index is 10.8. The second-order valence-corrected chi connectivity index (χ2v) is 21.1. The van der Waals surface area contributed by atoms with Gasteiger partial charge in [0.15, 0.2) is 0 Å². The average molecular weight is 1280 g/mol. The molecule has 13 heteroatoms. The Morgan fingerprint density at radius 1 is 0.681 bits per heavy atom. The fraction of sp³-hybridized carbons (Fsp3) is 0.735. The van der Waals surface area contributed by atoms with Crippen LogP contribution in [0, 0.1) is 30.1 Å². The van der Waals surface area contributed by atoms with Crippen molar-refractivity contribution in [3.05, 3.63) is 13.8 Å². The minimum atomic E-state index is -0.0768. The molecule has 0 fully saturated rings. The zero-order valence-electron chi connectivity index (χ0n) is 31.2. The SMILES string of the molecule is CC(C)(C)C[C-]=[V].CC(C)(C)C[C-]=[V].COCCN[C](=[V])C[C](=[W])CC(C)(C)C.[CH2-][C](=[W])C(=O)NCCOC.[CH2-][C](=[W])NCCOC. The molecule has 0 aliphatic heterocycles. The van der Waals surface area contributed by atoms with Crippen molar-refractivity contribution in [1.82, 2.24) is 16.0 Å². The molecule has 0 saturated heterocycles. The van der Waals surface area contributed by atoms with Crippen molar-refractivity contribution in [3.8, 4) is 0 Å². The van der Waals surface area contributed by atoms with Crippen molar-refractivity contribution in [1.29, 1.82) is 0 Å². The van der Waals surface area contributed by atoms with E-state index in [0.29, 0.717) is 33.3 Å². The Hall–Kier alpha value is 2.31. The minimum absolute atomic E-state index is 0.0768. The molecule has 275 valence electrons. The Bertz CT molecular complexity index is 851. The van der Waals surface area contributed by atoms with Crippen molar-refractivity contribution in [2.75, 3.05) is 60.8 Å². The fourth-order valence-corrected chi connectivity index (χ4v) is 7.66. The van der Waals surface area contributed by atoms with Crippen LogP contribution in [0.1, 0.15) is 88.0 Å². The van der Waals surface area contributed by atoms with E-state index in [2.05, 4.69) is 153 Å². The Balaban J connectivity index is -0.000000162. The third kappa shape index (κ3) is 70.6. The van der Waals surface area contributed by atoms with Gasteiger partial charge in [0.1, 0.15) is 0 Å². The van der Waals surface area contributed by atoms with Gasteiger partial charge in [-0.3, -0.25) is 0 Å². The molecular weight excluding hydrogens is 1220 g/mol. The van der Waals surface area contributed by atoms with Crippen LogP contribution < -0.4 is 16.0 Å². The first-order chi connectivity index (χ1) is 21.4.